The van der Waals surface area contributed by atoms with Gasteiger partial charge >= 0.3 is 5.97 Å². The van der Waals surface area contributed by atoms with E-state index in [-0.39, 0.29) is 0 Å². The number of hydrogen-bond acceptors (Lipinski definition) is 1. The Morgan fingerprint density at radius 2 is 2.36 bits per heavy atom. The molecule has 0 aliphatic rings. The smallest absolute Gasteiger partial charge is 0.337 e. The average molecular weight is 191 g/mol. The molecule has 1 N–H and O–H groups in total. The summed E-state index contributed by atoms with van der Waals surface area (Å²) in [7, 11) is 0. The molecule has 1 rings (SSSR count). The van der Waals surface area contributed by atoms with Crippen LogP contribution in [0.3, 0.4) is 0 Å². The quantitative estimate of drug-likeness (QED) is 0.741. The maximum absolute atomic E-state index is 10.7. The van der Waals surface area contributed by atoms with Crippen LogP contribution < -0.4 is 0 Å². The lowest BCUT2D eigenvalue weighted by Crippen LogP contribution is -2.02. The Hall–Kier alpha value is -1.69. The van der Waals surface area contributed by atoms with Crippen molar-refractivity contribution in [3.05, 3.63) is 23.5 Å². The molecule has 0 spiro atoms. The first kappa shape index (κ1) is 10.4. The van der Waals surface area contributed by atoms with Crippen molar-refractivity contribution in [2.75, 3.05) is 0 Å². The zero-order valence-corrected chi connectivity index (χ0v) is 8.37. The molecule has 0 aliphatic heterocycles. The first-order valence-electron chi connectivity index (χ1n) is 4.45. The number of carboxylic acid groups (broad SMARTS) is 1. The molecule has 0 radical (unpaired) electrons. The first-order valence-corrected chi connectivity index (χ1v) is 4.45. The van der Waals surface area contributed by atoms with E-state index in [4.69, 9.17) is 5.11 Å². The zero-order valence-electron chi connectivity index (χ0n) is 8.37. The fourth-order valence-corrected chi connectivity index (χ4v) is 1.32. The fourth-order valence-electron chi connectivity index (χ4n) is 1.32. The van der Waals surface area contributed by atoms with Crippen molar-refractivity contribution in [1.82, 2.24) is 4.57 Å². The van der Waals surface area contributed by atoms with E-state index in [0.29, 0.717) is 5.56 Å². The Kier molecular flexibility index (Phi) is 3.35. The molecule has 0 saturated heterocycles. The van der Waals surface area contributed by atoms with Gasteiger partial charge < -0.3 is 9.67 Å². The van der Waals surface area contributed by atoms with Crippen LogP contribution in [0.4, 0.5) is 0 Å². The molecule has 0 fully saturated rings. The third kappa shape index (κ3) is 2.17. The number of nitrogens with zero attached hydrogens (tertiary/aromatic N) is 1. The normalized spacial score (nSPS) is 9.29. The molecular weight excluding hydrogens is 178 g/mol. The summed E-state index contributed by atoms with van der Waals surface area (Å²) >= 11 is 0. The molecule has 3 nitrogen and oxygen atoms in total. The van der Waals surface area contributed by atoms with Crippen molar-refractivity contribution in [1.29, 1.82) is 0 Å². The molecular formula is C11H13NO2. The lowest BCUT2D eigenvalue weighted by molar-refractivity contribution is 0.0696. The second kappa shape index (κ2) is 4.52. The Morgan fingerprint density at radius 3 is 2.86 bits per heavy atom. The van der Waals surface area contributed by atoms with Gasteiger partial charge in [-0.25, -0.2) is 4.79 Å². The van der Waals surface area contributed by atoms with E-state index in [0.717, 1.165) is 18.7 Å². The van der Waals surface area contributed by atoms with Crippen LogP contribution in [0.1, 0.15) is 29.4 Å². The van der Waals surface area contributed by atoms with Crippen LogP contribution in [0.25, 0.3) is 0 Å². The van der Waals surface area contributed by atoms with Crippen LogP contribution >= 0.6 is 0 Å². The summed E-state index contributed by atoms with van der Waals surface area (Å²) < 4.78 is 1.91. The molecule has 1 aromatic rings. The summed E-state index contributed by atoms with van der Waals surface area (Å²) in [5.41, 5.74) is 1.16. The topological polar surface area (TPSA) is 42.2 Å². The zero-order chi connectivity index (χ0) is 10.6. The van der Waals surface area contributed by atoms with Gasteiger partial charge in [-0.3, -0.25) is 0 Å². The molecule has 1 aromatic heterocycles. The van der Waals surface area contributed by atoms with Crippen molar-refractivity contribution in [2.24, 2.45) is 0 Å². The van der Waals surface area contributed by atoms with Crippen molar-refractivity contribution >= 4 is 5.97 Å². The first-order chi connectivity index (χ1) is 6.66. The summed E-state index contributed by atoms with van der Waals surface area (Å²) in [5.74, 6) is 4.88. The lowest BCUT2D eigenvalue weighted by Gasteiger charge is -2.02. The Balaban J connectivity index is 2.77. The largest absolute Gasteiger partial charge is 0.478 e. The van der Waals surface area contributed by atoms with Gasteiger partial charge in [0.05, 0.1) is 5.56 Å². The second-order valence-corrected chi connectivity index (χ2v) is 2.99. The van der Waals surface area contributed by atoms with Gasteiger partial charge in [0.1, 0.15) is 0 Å². The minimum atomic E-state index is -0.872. The molecule has 0 bridgehead atoms. The van der Waals surface area contributed by atoms with E-state index in [1.807, 2.05) is 11.5 Å². The van der Waals surface area contributed by atoms with Crippen molar-refractivity contribution in [3.63, 3.8) is 0 Å². The highest BCUT2D eigenvalue weighted by atomic mass is 16.4. The van der Waals surface area contributed by atoms with E-state index >= 15 is 0 Å². The van der Waals surface area contributed by atoms with E-state index in [1.54, 1.807) is 19.2 Å². The molecule has 0 saturated carbocycles. The van der Waals surface area contributed by atoms with Crippen LogP contribution in [-0.4, -0.2) is 15.6 Å². The van der Waals surface area contributed by atoms with Crippen LogP contribution in [0, 0.1) is 18.8 Å². The van der Waals surface area contributed by atoms with Gasteiger partial charge in [0, 0.05) is 24.9 Å². The number of hydrogen-bond donors (Lipinski definition) is 1. The monoisotopic (exact) mass is 191 g/mol. The van der Waals surface area contributed by atoms with Gasteiger partial charge in [0.2, 0.25) is 0 Å². The predicted octanol–water partition coefficient (Wildman–Crippen LogP) is 1.91. The van der Waals surface area contributed by atoms with Crippen molar-refractivity contribution < 1.29 is 9.90 Å². The molecule has 1 heterocycles. The van der Waals surface area contributed by atoms with Crippen molar-refractivity contribution in [2.45, 2.75) is 26.8 Å². The number of aromatic nitrogens is 1. The molecule has 0 aliphatic carbocycles. The summed E-state index contributed by atoms with van der Waals surface area (Å²) in [6.07, 6.45) is 2.54. The van der Waals surface area contributed by atoms with Gasteiger partial charge in [0.15, 0.2) is 0 Å². The van der Waals surface area contributed by atoms with Crippen LogP contribution in [0.2, 0.25) is 0 Å². The van der Waals surface area contributed by atoms with Gasteiger partial charge in [-0.1, -0.05) is 0 Å². The van der Waals surface area contributed by atoms with Crippen LogP contribution in [-0.2, 0) is 6.54 Å². The third-order valence-electron chi connectivity index (χ3n) is 2.13. The molecule has 74 valence electrons. The number of carbonyl (C=O) groups is 1. The Morgan fingerprint density at radius 1 is 1.64 bits per heavy atom. The standard InChI is InChI=1S/C11H13NO2/c1-3-4-5-7-12-8-6-10(9(12)2)11(13)14/h6,8H,5,7H2,1-2H3,(H,13,14). The van der Waals surface area contributed by atoms with E-state index in [1.165, 1.54) is 0 Å². The number of aryl methyl sites for hydroxylation is 1. The van der Waals surface area contributed by atoms with Crippen LogP contribution in [0.15, 0.2) is 12.3 Å². The van der Waals surface area contributed by atoms with Crippen LogP contribution in [0.5, 0.6) is 0 Å². The Bertz CT molecular complexity index is 393. The number of aromatic carboxylic acids is 1. The average Bonchev–Trinajstić information content (AvgIpc) is 2.48. The maximum atomic E-state index is 10.7. The summed E-state index contributed by atoms with van der Waals surface area (Å²) in [4.78, 5) is 10.7. The van der Waals surface area contributed by atoms with Gasteiger partial charge in [0.25, 0.3) is 0 Å². The van der Waals surface area contributed by atoms with Gasteiger partial charge in [-0.2, -0.15) is 0 Å². The Labute approximate surface area is 83.4 Å². The van der Waals surface area contributed by atoms with Crippen molar-refractivity contribution in [3.8, 4) is 11.8 Å². The predicted molar refractivity (Wildman–Crippen MR) is 54.2 cm³/mol. The molecule has 0 unspecified atom stereocenters. The lowest BCUT2D eigenvalue weighted by atomic mass is 10.2. The molecule has 0 aromatic carbocycles. The molecule has 0 amide bonds. The minimum Gasteiger partial charge on any atom is -0.478 e. The molecule has 0 atom stereocenters. The SMILES string of the molecule is CC#CCCn1ccc(C(=O)O)c1C. The molecule has 3 heteroatoms. The fraction of sp³-hybridized carbons (Fsp3) is 0.364. The minimum absolute atomic E-state index is 0.370. The van der Waals surface area contributed by atoms with Gasteiger partial charge in [-0.05, 0) is 19.9 Å². The van der Waals surface area contributed by atoms with Gasteiger partial charge in [-0.15, -0.1) is 11.8 Å². The molecule has 14 heavy (non-hydrogen) atoms. The van der Waals surface area contributed by atoms with E-state index in [2.05, 4.69) is 11.8 Å². The summed E-state index contributed by atoms with van der Waals surface area (Å²) in [6.45, 7) is 4.36. The summed E-state index contributed by atoms with van der Waals surface area (Å²) in [5, 5.41) is 8.81. The third-order valence-corrected chi connectivity index (χ3v) is 2.13. The summed E-state index contributed by atoms with van der Waals surface area (Å²) in [6, 6.07) is 1.62. The highest BCUT2D eigenvalue weighted by Crippen LogP contribution is 2.10. The van der Waals surface area contributed by atoms with E-state index < -0.39 is 5.97 Å². The maximum Gasteiger partial charge on any atom is 0.337 e. The second-order valence-electron chi connectivity index (χ2n) is 2.99. The highest BCUT2D eigenvalue weighted by Gasteiger charge is 2.09. The van der Waals surface area contributed by atoms with E-state index in [9.17, 15) is 4.79 Å². The number of carboxylic acids is 1. The highest BCUT2D eigenvalue weighted by molar-refractivity contribution is 5.88. The number of rotatable bonds is 3.